The van der Waals surface area contributed by atoms with Gasteiger partial charge in [0.2, 0.25) is 0 Å². The summed E-state index contributed by atoms with van der Waals surface area (Å²) in [4.78, 5) is 10.1. The summed E-state index contributed by atoms with van der Waals surface area (Å²) in [5.41, 5.74) is 1.23. The third-order valence-corrected chi connectivity index (χ3v) is 2.81. The van der Waals surface area contributed by atoms with Crippen LogP contribution in [0.5, 0.6) is 0 Å². The molecule has 0 saturated carbocycles. The SMILES string of the molecule is CC.CC(C)=C/C=C(\C)OP(C)NCC=O.CCOC. The number of hydrogen-bond donors (Lipinski definition) is 1. The number of nitrogens with one attached hydrogen (secondary N) is 1. The van der Waals surface area contributed by atoms with Crippen LogP contribution in [0.15, 0.2) is 23.5 Å². The van der Waals surface area contributed by atoms with Crippen LogP contribution in [-0.2, 0) is 14.1 Å². The van der Waals surface area contributed by atoms with Crippen LogP contribution in [-0.4, -0.2) is 33.2 Å². The van der Waals surface area contributed by atoms with Gasteiger partial charge < -0.3 is 14.1 Å². The van der Waals surface area contributed by atoms with Gasteiger partial charge in [-0.2, -0.15) is 0 Å². The van der Waals surface area contributed by atoms with Crippen LogP contribution in [0.25, 0.3) is 0 Å². The summed E-state index contributed by atoms with van der Waals surface area (Å²) >= 11 is 0. The summed E-state index contributed by atoms with van der Waals surface area (Å²) in [5.74, 6) is 0.859. The number of carbonyl (C=O) groups excluding carboxylic acids is 1. The van der Waals surface area contributed by atoms with Gasteiger partial charge in [-0.25, -0.2) is 0 Å². The second-order valence-corrected chi connectivity index (χ2v) is 5.21. The minimum atomic E-state index is -0.735. The zero-order valence-corrected chi connectivity index (χ0v) is 15.2. The van der Waals surface area contributed by atoms with E-state index in [4.69, 9.17) is 4.52 Å². The summed E-state index contributed by atoms with van der Waals surface area (Å²) in [5, 5.41) is 2.96. The van der Waals surface area contributed by atoms with E-state index in [-0.39, 0.29) is 0 Å². The van der Waals surface area contributed by atoms with E-state index in [9.17, 15) is 4.79 Å². The van der Waals surface area contributed by atoms with Gasteiger partial charge in [0.15, 0.2) is 8.30 Å². The highest BCUT2D eigenvalue weighted by Crippen LogP contribution is 2.29. The molecule has 0 aliphatic rings. The summed E-state index contributed by atoms with van der Waals surface area (Å²) in [7, 11) is 0.945. The molecule has 0 radical (unpaired) electrons. The summed E-state index contributed by atoms with van der Waals surface area (Å²) in [6.07, 6.45) is 4.76. The van der Waals surface area contributed by atoms with E-state index >= 15 is 0 Å². The fraction of sp³-hybridized carbons (Fsp3) is 0.667. The Morgan fingerprint density at radius 1 is 1.20 bits per heavy atom. The van der Waals surface area contributed by atoms with Crippen LogP contribution in [0.4, 0.5) is 0 Å². The van der Waals surface area contributed by atoms with Crippen molar-refractivity contribution in [1.29, 1.82) is 0 Å². The lowest BCUT2D eigenvalue weighted by Crippen LogP contribution is -2.10. The zero-order valence-electron chi connectivity index (χ0n) is 14.3. The summed E-state index contributed by atoms with van der Waals surface area (Å²) in [6, 6.07) is 0. The van der Waals surface area contributed by atoms with Crippen molar-refractivity contribution in [1.82, 2.24) is 5.09 Å². The van der Waals surface area contributed by atoms with Crippen molar-refractivity contribution in [2.45, 2.75) is 41.5 Å². The molecule has 1 N–H and O–H groups in total. The Kier molecular flexibility index (Phi) is 25.1. The number of aldehydes is 1. The first kappa shape index (κ1) is 24.3. The summed E-state index contributed by atoms with van der Waals surface area (Å²) < 4.78 is 10.1. The molecular formula is C15H32NO3P. The van der Waals surface area contributed by atoms with E-state index in [2.05, 4.69) is 9.82 Å². The fourth-order valence-corrected chi connectivity index (χ4v) is 1.62. The fourth-order valence-electron chi connectivity index (χ4n) is 0.729. The highest BCUT2D eigenvalue weighted by atomic mass is 31.2. The number of hydrogen-bond acceptors (Lipinski definition) is 4. The quantitative estimate of drug-likeness (QED) is 0.330. The van der Waals surface area contributed by atoms with Gasteiger partial charge in [-0.1, -0.05) is 25.5 Å². The standard InChI is InChI=1S/C10H18NO2P.C3H8O.C2H6/c1-9(2)5-6-10(3)13-14(4)11-7-8-12;1-3-4-2;1-2/h5-6,8,11H,7H2,1-4H3;3H2,1-2H3;1-2H3/b10-6+;;. The molecule has 0 aromatic rings. The lowest BCUT2D eigenvalue weighted by Gasteiger charge is -2.13. The van der Waals surface area contributed by atoms with Gasteiger partial charge in [0, 0.05) is 20.4 Å². The topological polar surface area (TPSA) is 47.6 Å². The van der Waals surface area contributed by atoms with Crippen LogP contribution >= 0.6 is 8.30 Å². The first-order valence-electron chi connectivity index (χ1n) is 6.87. The number of allylic oxidation sites excluding steroid dienone is 4. The third-order valence-electron chi connectivity index (χ3n) is 1.62. The van der Waals surface area contributed by atoms with Crippen molar-refractivity contribution in [3.63, 3.8) is 0 Å². The van der Waals surface area contributed by atoms with E-state index in [1.54, 1.807) is 7.11 Å². The maximum Gasteiger partial charge on any atom is 0.157 e. The minimum Gasteiger partial charge on any atom is -0.463 e. The van der Waals surface area contributed by atoms with Gasteiger partial charge >= 0.3 is 0 Å². The van der Waals surface area contributed by atoms with Gasteiger partial charge in [-0.15, -0.1) is 0 Å². The Balaban J connectivity index is -0.000000410. The highest BCUT2D eigenvalue weighted by Gasteiger charge is 2.00. The molecule has 0 amide bonds. The van der Waals surface area contributed by atoms with Gasteiger partial charge in [0.05, 0.1) is 12.3 Å². The van der Waals surface area contributed by atoms with E-state index in [1.165, 1.54) is 5.57 Å². The average molecular weight is 305 g/mol. The van der Waals surface area contributed by atoms with E-state index in [0.717, 1.165) is 18.7 Å². The normalized spacial score (nSPS) is 11.1. The van der Waals surface area contributed by atoms with Crippen LogP contribution in [0.1, 0.15) is 41.5 Å². The van der Waals surface area contributed by atoms with E-state index < -0.39 is 8.30 Å². The van der Waals surface area contributed by atoms with Crippen molar-refractivity contribution >= 4 is 14.6 Å². The molecule has 0 aliphatic carbocycles. The average Bonchev–Trinajstić information content (AvgIpc) is 2.45. The Bertz CT molecular complexity index is 260. The van der Waals surface area contributed by atoms with Crippen molar-refractivity contribution in [3.8, 4) is 0 Å². The van der Waals surface area contributed by atoms with Crippen LogP contribution in [0, 0.1) is 0 Å². The molecule has 0 aromatic heterocycles. The molecule has 0 saturated heterocycles. The largest absolute Gasteiger partial charge is 0.463 e. The number of methoxy groups -OCH3 is 1. The molecule has 4 nitrogen and oxygen atoms in total. The Hall–Kier alpha value is -0.700. The Labute approximate surface area is 126 Å². The van der Waals surface area contributed by atoms with Gasteiger partial charge in [0.1, 0.15) is 6.29 Å². The predicted octanol–water partition coefficient (Wildman–Crippen LogP) is 4.28. The molecule has 1 atom stereocenters. The zero-order chi connectivity index (χ0) is 16.4. The number of ether oxygens (including phenoxy) is 1. The minimum absolute atomic E-state index is 0.345. The maximum absolute atomic E-state index is 10.1. The first-order valence-corrected chi connectivity index (χ1v) is 8.58. The first-order chi connectivity index (χ1) is 9.47. The monoisotopic (exact) mass is 305 g/mol. The maximum atomic E-state index is 10.1. The molecule has 5 heteroatoms. The Morgan fingerprint density at radius 2 is 1.70 bits per heavy atom. The smallest absolute Gasteiger partial charge is 0.157 e. The van der Waals surface area contributed by atoms with E-state index in [0.29, 0.717) is 6.54 Å². The molecule has 120 valence electrons. The molecule has 20 heavy (non-hydrogen) atoms. The summed E-state index contributed by atoms with van der Waals surface area (Å²) in [6.45, 7) is 15.0. The van der Waals surface area contributed by atoms with Crippen LogP contribution in [0.2, 0.25) is 0 Å². The van der Waals surface area contributed by atoms with Crippen LogP contribution < -0.4 is 5.09 Å². The molecule has 0 spiro atoms. The van der Waals surface area contributed by atoms with E-state index in [1.807, 2.05) is 60.4 Å². The second kappa shape index (κ2) is 20.6. The van der Waals surface area contributed by atoms with Crippen molar-refractivity contribution in [2.24, 2.45) is 0 Å². The molecule has 0 aliphatic heterocycles. The van der Waals surface area contributed by atoms with Gasteiger partial charge in [0.25, 0.3) is 0 Å². The van der Waals surface area contributed by atoms with Crippen molar-refractivity contribution < 1.29 is 14.1 Å². The molecule has 0 bridgehead atoms. The highest BCUT2D eigenvalue weighted by molar-refractivity contribution is 7.49. The van der Waals surface area contributed by atoms with Gasteiger partial charge in [-0.3, -0.25) is 5.09 Å². The van der Waals surface area contributed by atoms with Crippen molar-refractivity contribution in [3.05, 3.63) is 23.5 Å². The molecule has 0 heterocycles. The molecule has 0 aromatic carbocycles. The number of carbonyl (C=O) groups is 1. The lowest BCUT2D eigenvalue weighted by atomic mass is 10.3. The lowest BCUT2D eigenvalue weighted by molar-refractivity contribution is -0.106. The molecule has 1 unspecified atom stereocenters. The molecule has 0 rings (SSSR count). The van der Waals surface area contributed by atoms with Gasteiger partial charge in [-0.05, 0) is 33.8 Å². The van der Waals surface area contributed by atoms with Crippen LogP contribution in [0.3, 0.4) is 0 Å². The number of rotatable bonds is 7. The predicted molar refractivity (Wildman–Crippen MR) is 90.1 cm³/mol. The Morgan fingerprint density at radius 3 is 2.05 bits per heavy atom. The second-order valence-electron chi connectivity index (χ2n) is 3.72. The molecular weight excluding hydrogens is 273 g/mol. The third kappa shape index (κ3) is 26.0. The van der Waals surface area contributed by atoms with Crippen molar-refractivity contribution in [2.75, 3.05) is 26.9 Å². The molecule has 0 fully saturated rings.